The molecular formula is C10H11Cl2NOS. The van der Waals surface area contributed by atoms with Gasteiger partial charge in [-0.2, -0.15) is 0 Å². The van der Waals surface area contributed by atoms with E-state index in [1.165, 1.54) is 0 Å². The molecule has 0 aromatic heterocycles. The molecule has 5 heteroatoms. The molecule has 0 saturated carbocycles. The number of nitrogens with two attached hydrogens (primary N) is 1. The Kier molecular flexibility index (Phi) is 4.64. The first kappa shape index (κ1) is 12.6. The quantitative estimate of drug-likeness (QED) is 0.846. The van der Waals surface area contributed by atoms with Gasteiger partial charge in [0.15, 0.2) is 0 Å². The number of benzene rings is 1. The second-order valence-corrected chi connectivity index (χ2v) is 4.46. The number of ether oxygens (including phenoxy) is 1. The van der Waals surface area contributed by atoms with Crippen LogP contribution in [0.25, 0.3) is 0 Å². The number of hydrogen-bond donors (Lipinski definition) is 1. The van der Waals surface area contributed by atoms with Crippen molar-refractivity contribution in [1.82, 2.24) is 0 Å². The monoisotopic (exact) mass is 263 g/mol. The van der Waals surface area contributed by atoms with Gasteiger partial charge >= 0.3 is 0 Å². The van der Waals surface area contributed by atoms with Crippen LogP contribution in [0.4, 0.5) is 0 Å². The van der Waals surface area contributed by atoms with Gasteiger partial charge in [0.25, 0.3) is 0 Å². The zero-order valence-corrected chi connectivity index (χ0v) is 10.5. The lowest BCUT2D eigenvalue weighted by molar-refractivity contribution is 0.230. The molecule has 2 N–H and O–H groups in total. The Morgan fingerprint density at radius 3 is 2.80 bits per heavy atom. The van der Waals surface area contributed by atoms with Gasteiger partial charge in [0.2, 0.25) is 0 Å². The molecule has 0 bridgehead atoms. The fourth-order valence-corrected chi connectivity index (χ4v) is 1.69. The topological polar surface area (TPSA) is 35.2 Å². The summed E-state index contributed by atoms with van der Waals surface area (Å²) in [5, 5.41) is 0.880. The van der Waals surface area contributed by atoms with Gasteiger partial charge in [-0.3, -0.25) is 0 Å². The second kappa shape index (κ2) is 5.54. The van der Waals surface area contributed by atoms with Crippen LogP contribution >= 0.6 is 35.4 Å². The van der Waals surface area contributed by atoms with Crippen LogP contribution in [-0.2, 0) is 0 Å². The van der Waals surface area contributed by atoms with E-state index < -0.39 is 0 Å². The predicted molar refractivity (Wildman–Crippen MR) is 68.0 cm³/mol. The molecular weight excluding hydrogens is 253 g/mol. The number of halogens is 2. The van der Waals surface area contributed by atoms with E-state index in [4.69, 9.17) is 45.9 Å². The van der Waals surface area contributed by atoms with Crippen LogP contribution in [0, 0.1) is 0 Å². The van der Waals surface area contributed by atoms with Crippen molar-refractivity contribution in [3.63, 3.8) is 0 Å². The van der Waals surface area contributed by atoms with Crippen LogP contribution in [-0.4, -0.2) is 11.1 Å². The van der Waals surface area contributed by atoms with Crippen molar-refractivity contribution in [2.75, 3.05) is 0 Å². The summed E-state index contributed by atoms with van der Waals surface area (Å²) in [6, 6.07) is 5.23. The van der Waals surface area contributed by atoms with Crippen LogP contribution in [0.3, 0.4) is 0 Å². The summed E-state index contributed by atoms with van der Waals surface area (Å²) >= 11 is 16.6. The molecule has 1 unspecified atom stereocenters. The summed E-state index contributed by atoms with van der Waals surface area (Å²) in [7, 11) is 0. The van der Waals surface area contributed by atoms with Crippen molar-refractivity contribution >= 4 is 40.4 Å². The zero-order chi connectivity index (χ0) is 11.4. The lowest BCUT2D eigenvalue weighted by atomic mass is 10.3. The summed E-state index contributed by atoms with van der Waals surface area (Å²) in [4.78, 5) is 0.417. The van der Waals surface area contributed by atoms with Crippen LogP contribution in [0.1, 0.15) is 13.3 Å². The standard InChI is InChI=1S/C10H11Cl2NOS/c1-6(5-9(13)15)14-8-4-2-3-7(11)10(8)12/h2-4,6H,5H2,1H3,(H2,13,15). The third-order valence-corrected chi connectivity index (χ3v) is 2.70. The van der Waals surface area contributed by atoms with Crippen molar-refractivity contribution in [3.8, 4) is 5.75 Å². The van der Waals surface area contributed by atoms with Crippen molar-refractivity contribution < 1.29 is 4.74 Å². The lowest BCUT2D eigenvalue weighted by Crippen LogP contribution is -2.20. The van der Waals surface area contributed by atoms with Crippen molar-refractivity contribution in [3.05, 3.63) is 28.2 Å². The molecule has 1 aromatic rings. The summed E-state index contributed by atoms with van der Waals surface area (Å²) in [5.41, 5.74) is 5.41. The molecule has 0 spiro atoms. The fraction of sp³-hybridized carbons (Fsp3) is 0.300. The Morgan fingerprint density at radius 2 is 2.20 bits per heavy atom. The van der Waals surface area contributed by atoms with Crippen LogP contribution in [0.5, 0.6) is 5.75 Å². The first-order valence-electron chi connectivity index (χ1n) is 4.39. The molecule has 0 fully saturated rings. The minimum absolute atomic E-state index is 0.113. The molecule has 15 heavy (non-hydrogen) atoms. The minimum atomic E-state index is -0.113. The van der Waals surface area contributed by atoms with Crippen molar-refractivity contribution in [2.24, 2.45) is 5.73 Å². The molecule has 1 rings (SSSR count). The van der Waals surface area contributed by atoms with E-state index in [0.717, 1.165) is 0 Å². The maximum Gasteiger partial charge on any atom is 0.139 e. The Balaban J connectivity index is 2.72. The molecule has 0 aliphatic carbocycles. The Hall–Kier alpha value is -0.510. The summed E-state index contributed by atoms with van der Waals surface area (Å²) < 4.78 is 5.55. The highest BCUT2D eigenvalue weighted by Gasteiger charge is 2.10. The molecule has 1 atom stereocenters. The first-order valence-corrected chi connectivity index (χ1v) is 5.56. The minimum Gasteiger partial charge on any atom is -0.489 e. The van der Waals surface area contributed by atoms with E-state index in [2.05, 4.69) is 0 Å². The van der Waals surface area contributed by atoms with Crippen LogP contribution < -0.4 is 10.5 Å². The van der Waals surface area contributed by atoms with E-state index in [9.17, 15) is 0 Å². The van der Waals surface area contributed by atoms with Gasteiger partial charge in [-0.1, -0.05) is 41.5 Å². The highest BCUT2D eigenvalue weighted by atomic mass is 35.5. The second-order valence-electron chi connectivity index (χ2n) is 3.15. The SMILES string of the molecule is CC(CC(N)=S)Oc1cccc(Cl)c1Cl. The first-order chi connectivity index (χ1) is 7.00. The van der Waals surface area contributed by atoms with Gasteiger partial charge in [0.05, 0.1) is 10.0 Å². The molecule has 0 radical (unpaired) electrons. The van der Waals surface area contributed by atoms with Crippen molar-refractivity contribution in [1.29, 1.82) is 0 Å². The average Bonchev–Trinajstić information content (AvgIpc) is 2.11. The van der Waals surface area contributed by atoms with E-state index in [-0.39, 0.29) is 6.10 Å². The van der Waals surface area contributed by atoms with Gasteiger partial charge in [0.1, 0.15) is 16.9 Å². The molecule has 0 aliphatic heterocycles. The van der Waals surface area contributed by atoms with Gasteiger partial charge < -0.3 is 10.5 Å². The number of rotatable bonds is 4. The number of hydrogen-bond acceptors (Lipinski definition) is 2. The lowest BCUT2D eigenvalue weighted by Gasteiger charge is -2.15. The van der Waals surface area contributed by atoms with Crippen LogP contribution in [0.2, 0.25) is 10.0 Å². The third-order valence-electron chi connectivity index (χ3n) is 1.73. The molecule has 0 aliphatic rings. The van der Waals surface area contributed by atoms with E-state index in [1.807, 2.05) is 6.92 Å². The Morgan fingerprint density at radius 1 is 1.53 bits per heavy atom. The highest BCUT2D eigenvalue weighted by molar-refractivity contribution is 7.80. The maximum absolute atomic E-state index is 5.95. The normalized spacial score (nSPS) is 12.2. The van der Waals surface area contributed by atoms with E-state index in [1.54, 1.807) is 18.2 Å². The van der Waals surface area contributed by atoms with Crippen molar-refractivity contribution in [2.45, 2.75) is 19.4 Å². The zero-order valence-electron chi connectivity index (χ0n) is 8.17. The largest absolute Gasteiger partial charge is 0.489 e. The molecule has 0 saturated heterocycles. The van der Waals surface area contributed by atoms with E-state index >= 15 is 0 Å². The van der Waals surface area contributed by atoms with Crippen LogP contribution in [0.15, 0.2) is 18.2 Å². The number of thiocarbonyl (C=S) groups is 1. The smallest absolute Gasteiger partial charge is 0.139 e. The van der Waals surface area contributed by atoms with E-state index in [0.29, 0.717) is 27.2 Å². The highest BCUT2D eigenvalue weighted by Crippen LogP contribution is 2.32. The Labute approximate surface area is 104 Å². The molecule has 82 valence electrons. The van der Waals surface area contributed by atoms with Gasteiger partial charge in [-0.05, 0) is 19.1 Å². The van der Waals surface area contributed by atoms with Gasteiger partial charge in [-0.25, -0.2) is 0 Å². The summed E-state index contributed by atoms with van der Waals surface area (Å²) in [5.74, 6) is 0.549. The van der Waals surface area contributed by atoms with Gasteiger partial charge in [0, 0.05) is 6.42 Å². The molecule has 1 aromatic carbocycles. The Bertz CT molecular complexity index is 370. The molecule has 0 amide bonds. The maximum atomic E-state index is 5.95. The molecule has 0 heterocycles. The predicted octanol–water partition coefficient (Wildman–Crippen LogP) is 3.44. The van der Waals surface area contributed by atoms with Gasteiger partial charge in [-0.15, -0.1) is 0 Å². The summed E-state index contributed by atoms with van der Waals surface area (Å²) in [6.07, 6.45) is 0.400. The fourth-order valence-electron chi connectivity index (χ4n) is 1.12. The molecule has 2 nitrogen and oxygen atoms in total. The average molecular weight is 264 g/mol. The summed E-state index contributed by atoms with van der Waals surface area (Å²) in [6.45, 7) is 1.87. The third kappa shape index (κ3) is 3.86.